The minimum Gasteiger partial charge on any atom is -0.368 e. The zero-order valence-corrected chi connectivity index (χ0v) is 13.8. The van der Waals surface area contributed by atoms with Crippen molar-refractivity contribution >= 4 is 33.3 Å². The highest BCUT2D eigenvalue weighted by molar-refractivity contribution is 7.18. The van der Waals surface area contributed by atoms with Gasteiger partial charge in [0, 0.05) is 17.5 Å². The lowest BCUT2D eigenvalue weighted by Gasteiger charge is -2.30. The first kappa shape index (κ1) is 15.0. The van der Waals surface area contributed by atoms with Crippen LogP contribution in [-0.2, 0) is 6.42 Å². The van der Waals surface area contributed by atoms with Crippen molar-refractivity contribution in [2.75, 3.05) is 17.2 Å². The van der Waals surface area contributed by atoms with Gasteiger partial charge in [0.2, 0.25) is 5.95 Å². The van der Waals surface area contributed by atoms with Gasteiger partial charge in [-0.15, -0.1) is 11.3 Å². The van der Waals surface area contributed by atoms with Gasteiger partial charge >= 0.3 is 0 Å². The summed E-state index contributed by atoms with van der Waals surface area (Å²) < 4.78 is 0. The summed E-state index contributed by atoms with van der Waals surface area (Å²) in [6.07, 6.45) is 1.02. The fourth-order valence-electron chi connectivity index (χ4n) is 2.30. The third kappa shape index (κ3) is 3.03. The van der Waals surface area contributed by atoms with Crippen molar-refractivity contribution in [1.82, 2.24) is 9.97 Å². The molecule has 0 fully saturated rings. The first-order valence-electron chi connectivity index (χ1n) is 7.25. The number of hydrogen-bond donors (Lipinski definition) is 1. The third-order valence-corrected chi connectivity index (χ3v) is 4.42. The predicted molar refractivity (Wildman–Crippen MR) is 88.5 cm³/mol. The van der Waals surface area contributed by atoms with E-state index in [1.807, 2.05) is 0 Å². The fourth-order valence-corrected chi connectivity index (χ4v) is 3.27. The highest BCUT2D eigenvalue weighted by Gasteiger charge is 2.19. The molecule has 0 aliphatic carbocycles. The number of aromatic nitrogens is 2. The Morgan fingerprint density at radius 1 is 1.25 bits per heavy atom. The Balaban J connectivity index is 2.57. The number of thiophene rings is 1. The molecule has 0 aromatic carbocycles. The molecule has 2 rings (SSSR count). The van der Waals surface area contributed by atoms with Crippen LogP contribution in [0.2, 0.25) is 0 Å². The zero-order chi connectivity index (χ0) is 14.9. The number of rotatable bonds is 5. The molecule has 0 aliphatic rings. The molecule has 0 amide bonds. The van der Waals surface area contributed by atoms with E-state index >= 15 is 0 Å². The Morgan fingerprint density at radius 2 is 1.95 bits per heavy atom. The molecule has 0 radical (unpaired) electrons. The van der Waals surface area contributed by atoms with Crippen molar-refractivity contribution in [1.29, 1.82) is 0 Å². The topological polar surface area (TPSA) is 55.0 Å². The number of anilines is 2. The minimum absolute atomic E-state index is 0.367. The molecule has 0 spiro atoms. The maximum atomic E-state index is 5.90. The van der Waals surface area contributed by atoms with Crippen LogP contribution in [0.25, 0.3) is 10.2 Å². The van der Waals surface area contributed by atoms with Gasteiger partial charge in [0.15, 0.2) is 0 Å². The Kier molecular flexibility index (Phi) is 4.48. The molecule has 0 bridgehead atoms. The molecule has 2 N–H and O–H groups in total. The maximum absolute atomic E-state index is 5.90. The Labute approximate surface area is 125 Å². The van der Waals surface area contributed by atoms with Crippen LogP contribution < -0.4 is 10.6 Å². The van der Waals surface area contributed by atoms with Gasteiger partial charge in [-0.2, -0.15) is 4.98 Å². The number of nitrogen functional groups attached to an aromatic ring is 1. The van der Waals surface area contributed by atoms with Crippen LogP contribution in [0.15, 0.2) is 6.07 Å². The van der Waals surface area contributed by atoms with Crippen molar-refractivity contribution in [3.8, 4) is 0 Å². The van der Waals surface area contributed by atoms with Gasteiger partial charge in [-0.05, 0) is 32.3 Å². The van der Waals surface area contributed by atoms with E-state index in [1.165, 1.54) is 4.88 Å². The quantitative estimate of drug-likeness (QED) is 0.912. The Hall–Kier alpha value is -1.36. The van der Waals surface area contributed by atoms with E-state index in [-0.39, 0.29) is 0 Å². The largest absolute Gasteiger partial charge is 0.368 e. The molecule has 0 saturated heterocycles. The third-order valence-electron chi connectivity index (χ3n) is 3.25. The fraction of sp³-hybridized carbons (Fsp3) is 0.600. The first-order valence-corrected chi connectivity index (χ1v) is 8.06. The first-order chi connectivity index (χ1) is 9.42. The minimum atomic E-state index is 0.367. The van der Waals surface area contributed by atoms with Gasteiger partial charge < -0.3 is 10.6 Å². The summed E-state index contributed by atoms with van der Waals surface area (Å²) in [5, 5.41) is 1.13. The monoisotopic (exact) mass is 292 g/mol. The van der Waals surface area contributed by atoms with Gasteiger partial charge in [-0.1, -0.05) is 20.8 Å². The second-order valence-corrected chi connectivity index (χ2v) is 6.95. The molecule has 2 aromatic heterocycles. The van der Waals surface area contributed by atoms with Gasteiger partial charge in [-0.3, -0.25) is 0 Å². The van der Waals surface area contributed by atoms with Crippen molar-refractivity contribution in [2.45, 2.75) is 47.1 Å². The molecule has 0 atom stereocenters. The number of fused-ring (bicyclic) bond motifs is 1. The SMILES string of the molecule is CCc1cc2c(N(CC(C)C)C(C)C)nc(N)nc2s1. The molecule has 4 nitrogen and oxygen atoms in total. The van der Waals surface area contributed by atoms with E-state index in [0.29, 0.717) is 17.9 Å². The molecule has 0 unspecified atom stereocenters. The molecule has 0 saturated carbocycles. The van der Waals surface area contributed by atoms with Crippen LogP contribution in [0.5, 0.6) is 0 Å². The molecule has 0 aliphatic heterocycles. The van der Waals surface area contributed by atoms with Crippen LogP contribution in [0.1, 0.15) is 39.5 Å². The second-order valence-electron chi connectivity index (χ2n) is 5.83. The Morgan fingerprint density at radius 3 is 2.50 bits per heavy atom. The molecule has 110 valence electrons. The number of hydrogen-bond acceptors (Lipinski definition) is 5. The van der Waals surface area contributed by atoms with Crippen LogP contribution >= 0.6 is 11.3 Å². The van der Waals surface area contributed by atoms with Crippen LogP contribution in [0, 0.1) is 5.92 Å². The number of nitrogens with two attached hydrogens (primary N) is 1. The lowest BCUT2D eigenvalue weighted by atomic mass is 10.1. The smallest absolute Gasteiger partial charge is 0.223 e. The average Bonchev–Trinajstić information content (AvgIpc) is 2.77. The van der Waals surface area contributed by atoms with E-state index in [9.17, 15) is 0 Å². The predicted octanol–water partition coefficient (Wildman–Crippen LogP) is 3.71. The number of aryl methyl sites for hydroxylation is 1. The summed E-state index contributed by atoms with van der Waals surface area (Å²) in [7, 11) is 0. The van der Waals surface area contributed by atoms with E-state index < -0.39 is 0 Å². The van der Waals surface area contributed by atoms with Crippen molar-refractivity contribution < 1.29 is 0 Å². The molecule has 5 heteroatoms. The summed E-state index contributed by atoms with van der Waals surface area (Å²) in [6.45, 7) is 12.0. The van der Waals surface area contributed by atoms with Gasteiger partial charge in [0.1, 0.15) is 10.6 Å². The summed E-state index contributed by atoms with van der Waals surface area (Å²) in [5.41, 5.74) is 5.90. The van der Waals surface area contributed by atoms with Crippen molar-refractivity contribution in [2.24, 2.45) is 5.92 Å². The lowest BCUT2D eigenvalue weighted by Crippen LogP contribution is -2.35. The molecular formula is C15H24N4S. The van der Waals surface area contributed by atoms with Gasteiger partial charge in [0.05, 0.1) is 5.39 Å². The van der Waals surface area contributed by atoms with E-state index in [2.05, 4.69) is 55.6 Å². The molecule has 2 aromatic rings. The lowest BCUT2D eigenvalue weighted by molar-refractivity contribution is 0.567. The highest BCUT2D eigenvalue weighted by atomic mass is 32.1. The van der Waals surface area contributed by atoms with Crippen LogP contribution in [-0.4, -0.2) is 22.6 Å². The summed E-state index contributed by atoms with van der Waals surface area (Å²) in [5.74, 6) is 1.92. The van der Waals surface area contributed by atoms with E-state index in [1.54, 1.807) is 11.3 Å². The van der Waals surface area contributed by atoms with Crippen molar-refractivity contribution in [3.05, 3.63) is 10.9 Å². The van der Waals surface area contributed by atoms with Crippen molar-refractivity contribution in [3.63, 3.8) is 0 Å². The van der Waals surface area contributed by atoms with E-state index in [0.717, 1.165) is 29.0 Å². The number of nitrogens with zero attached hydrogens (tertiary/aromatic N) is 3. The van der Waals surface area contributed by atoms with Crippen LogP contribution in [0.3, 0.4) is 0 Å². The van der Waals surface area contributed by atoms with Crippen LogP contribution in [0.4, 0.5) is 11.8 Å². The van der Waals surface area contributed by atoms with Gasteiger partial charge in [0.25, 0.3) is 0 Å². The normalized spacial score (nSPS) is 11.8. The molecule has 20 heavy (non-hydrogen) atoms. The molecule has 2 heterocycles. The summed E-state index contributed by atoms with van der Waals surface area (Å²) in [4.78, 5) is 13.6. The second kappa shape index (κ2) is 5.95. The zero-order valence-electron chi connectivity index (χ0n) is 13.0. The summed E-state index contributed by atoms with van der Waals surface area (Å²) in [6, 6.07) is 2.60. The maximum Gasteiger partial charge on any atom is 0.223 e. The average molecular weight is 292 g/mol. The standard InChI is InChI=1S/C15H24N4S/c1-6-11-7-12-13(17-15(16)18-14(12)20-11)19(10(4)5)8-9(2)3/h7,9-10H,6,8H2,1-5H3,(H2,16,17,18). The highest BCUT2D eigenvalue weighted by Crippen LogP contribution is 2.33. The van der Waals surface area contributed by atoms with Gasteiger partial charge in [-0.25, -0.2) is 4.98 Å². The molecular weight excluding hydrogens is 268 g/mol. The van der Waals surface area contributed by atoms with E-state index in [4.69, 9.17) is 5.73 Å². The summed E-state index contributed by atoms with van der Waals surface area (Å²) >= 11 is 1.72. The Bertz CT molecular complexity index is 589.